The van der Waals surface area contributed by atoms with Crippen LogP contribution in [0.2, 0.25) is 5.02 Å². The van der Waals surface area contributed by atoms with Crippen molar-refractivity contribution in [3.8, 4) is 0 Å². The lowest BCUT2D eigenvalue weighted by atomic mass is 9.90. The van der Waals surface area contributed by atoms with E-state index in [1.54, 1.807) is 16.8 Å². The molecule has 5 nitrogen and oxygen atoms in total. The van der Waals surface area contributed by atoms with Gasteiger partial charge in [0.15, 0.2) is 5.65 Å². The van der Waals surface area contributed by atoms with Crippen LogP contribution in [0.15, 0.2) is 17.1 Å². The Morgan fingerprint density at radius 2 is 2.32 bits per heavy atom. The van der Waals surface area contributed by atoms with E-state index in [0.717, 1.165) is 25.1 Å². The molecule has 1 aliphatic heterocycles. The quantitative estimate of drug-likeness (QED) is 0.846. The Labute approximate surface area is 121 Å². The van der Waals surface area contributed by atoms with E-state index < -0.39 is 0 Å². The minimum atomic E-state index is -0.119. The van der Waals surface area contributed by atoms with Gasteiger partial charge in [-0.25, -0.2) is 4.52 Å². The summed E-state index contributed by atoms with van der Waals surface area (Å²) in [5.74, 6) is 0.349. The second-order valence-electron chi connectivity index (χ2n) is 4.89. The van der Waals surface area contributed by atoms with Crippen molar-refractivity contribution in [3.05, 3.63) is 33.3 Å². The predicted molar refractivity (Wildman–Crippen MR) is 77.5 cm³/mol. The summed E-state index contributed by atoms with van der Waals surface area (Å²) in [6.07, 6.45) is 3.59. The highest BCUT2D eigenvalue weighted by Crippen LogP contribution is 2.27. The van der Waals surface area contributed by atoms with Gasteiger partial charge in [-0.15, -0.1) is 12.4 Å². The number of nitrogens with one attached hydrogen (secondary N) is 2. The summed E-state index contributed by atoms with van der Waals surface area (Å²) in [5, 5.41) is 8.14. The number of nitrogens with zero attached hydrogens (tertiary/aromatic N) is 2. The van der Waals surface area contributed by atoms with Crippen molar-refractivity contribution < 1.29 is 0 Å². The van der Waals surface area contributed by atoms with Crippen LogP contribution >= 0.6 is 24.0 Å². The largest absolute Gasteiger partial charge is 0.314 e. The lowest BCUT2D eigenvalue weighted by Gasteiger charge is -2.28. The summed E-state index contributed by atoms with van der Waals surface area (Å²) >= 11 is 6.02. The van der Waals surface area contributed by atoms with Crippen LogP contribution in [-0.2, 0) is 0 Å². The first-order valence-corrected chi connectivity index (χ1v) is 6.53. The van der Waals surface area contributed by atoms with E-state index in [-0.39, 0.29) is 18.0 Å². The zero-order valence-corrected chi connectivity index (χ0v) is 12.1. The lowest BCUT2D eigenvalue weighted by molar-refractivity contribution is 0.372. The number of halogens is 2. The summed E-state index contributed by atoms with van der Waals surface area (Å²) < 4.78 is 1.76. The molecule has 104 valence electrons. The third-order valence-electron chi connectivity index (χ3n) is 3.53. The van der Waals surface area contributed by atoms with Gasteiger partial charge in [0.25, 0.3) is 5.56 Å². The van der Waals surface area contributed by atoms with E-state index in [1.165, 1.54) is 0 Å². The average molecular weight is 303 g/mol. The van der Waals surface area contributed by atoms with Gasteiger partial charge >= 0.3 is 0 Å². The number of piperidine rings is 1. The molecule has 3 heterocycles. The van der Waals surface area contributed by atoms with Crippen LogP contribution in [0.1, 0.15) is 31.4 Å². The van der Waals surface area contributed by atoms with Crippen LogP contribution in [0, 0.1) is 0 Å². The van der Waals surface area contributed by atoms with E-state index in [0.29, 0.717) is 22.6 Å². The van der Waals surface area contributed by atoms with Crippen LogP contribution < -0.4 is 10.9 Å². The highest BCUT2D eigenvalue weighted by molar-refractivity contribution is 6.33. The molecule has 2 aromatic heterocycles. The van der Waals surface area contributed by atoms with Crippen LogP contribution in [-0.4, -0.2) is 27.2 Å². The maximum absolute atomic E-state index is 11.7. The van der Waals surface area contributed by atoms with Crippen LogP contribution in [0.3, 0.4) is 0 Å². The molecule has 19 heavy (non-hydrogen) atoms. The van der Waals surface area contributed by atoms with Crippen molar-refractivity contribution in [2.75, 3.05) is 6.54 Å². The molecule has 0 aromatic carbocycles. The second-order valence-corrected chi connectivity index (χ2v) is 5.30. The fourth-order valence-corrected chi connectivity index (χ4v) is 2.85. The monoisotopic (exact) mass is 302 g/mol. The third-order valence-corrected chi connectivity index (χ3v) is 3.81. The maximum Gasteiger partial charge on any atom is 0.251 e. The molecule has 1 aliphatic rings. The molecule has 1 fully saturated rings. The van der Waals surface area contributed by atoms with E-state index in [4.69, 9.17) is 11.6 Å². The molecule has 1 saturated heterocycles. The van der Waals surface area contributed by atoms with Gasteiger partial charge in [0, 0.05) is 18.0 Å². The van der Waals surface area contributed by atoms with Crippen molar-refractivity contribution in [1.82, 2.24) is 19.9 Å². The zero-order valence-electron chi connectivity index (χ0n) is 10.5. The lowest BCUT2D eigenvalue weighted by Crippen LogP contribution is -2.35. The molecule has 2 N–H and O–H groups in total. The molecule has 7 heteroatoms. The van der Waals surface area contributed by atoms with Gasteiger partial charge in [0.05, 0.1) is 11.9 Å². The number of H-pyrrole nitrogens is 1. The molecule has 2 atom stereocenters. The van der Waals surface area contributed by atoms with Crippen molar-refractivity contribution >= 4 is 29.7 Å². The first-order valence-electron chi connectivity index (χ1n) is 6.15. The normalized spacial score (nSPS) is 23.3. The minimum Gasteiger partial charge on any atom is -0.314 e. The fourth-order valence-electron chi connectivity index (χ4n) is 2.68. The maximum atomic E-state index is 11.7. The Morgan fingerprint density at radius 3 is 3.05 bits per heavy atom. The van der Waals surface area contributed by atoms with Gasteiger partial charge in [0.1, 0.15) is 5.02 Å². The van der Waals surface area contributed by atoms with E-state index in [1.807, 2.05) is 0 Å². The number of fused-ring (bicyclic) bond motifs is 1. The Kier molecular flexibility index (Phi) is 4.18. The Morgan fingerprint density at radius 1 is 1.53 bits per heavy atom. The molecule has 3 rings (SSSR count). The Bertz CT molecular complexity index is 636. The van der Waals surface area contributed by atoms with Gasteiger partial charge in [0.2, 0.25) is 0 Å². The van der Waals surface area contributed by atoms with Gasteiger partial charge in [-0.2, -0.15) is 5.10 Å². The first-order chi connectivity index (χ1) is 8.65. The standard InChI is InChI=1S/C12H15ClN4O.ClH/c1-7-4-8(2-3-14-7)10-5-11(18)16-12-9(13)6-15-17(10)12;/h5-8,14H,2-4H2,1H3,(H,16,18);1H/t7-,8+;/m1./s1. The molecule has 0 unspecified atom stereocenters. The molecule has 0 aliphatic carbocycles. The van der Waals surface area contributed by atoms with Gasteiger partial charge < -0.3 is 10.3 Å². The second kappa shape index (κ2) is 5.53. The Hall–Kier alpha value is -1.04. The number of hydrogen-bond donors (Lipinski definition) is 2. The van der Waals surface area contributed by atoms with Gasteiger partial charge in [-0.3, -0.25) is 4.79 Å². The third kappa shape index (κ3) is 2.63. The van der Waals surface area contributed by atoms with Crippen LogP contribution in [0.25, 0.3) is 5.65 Å². The summed E-state index contributed by atoms with van der Waals surface area (Å²) in [6, 6.07) is 2.10. The first kappa shape index (κ1) is 14.4. The van der Waals surface area contributed by atoms with Gasteiger partial charge in [-0.1, -0.05) is 11.6 Å². The van der Waals surface area contributed by atoms with Crippen molar-refractivity contribution in [3.63, 3.8) is 0 Å². The average Bonchev–Trinajstić information content (AvgIpc) is 2.70. The molecule has 2 aromatic rings. The van der Waals surface area contributed by atoms with Crippen molar-refractivity contribution in [2.24, 2.45) is 0 Å². The smallest absolute Gasteiger partial charge is 0.251 e. The van der Waals surface area contributed by atoms with Gasteiger partial charge in [-0.05, 0) is 26.3 Å². The highest BCUT2D eigenvalue weighted by atomic mass is 35.5. The SMILES string of the molecule is C[C@@H]1C[C@@H](c2cc(=O)[nH]c3c(Cl)cnn23)CCN1.Cl. The molecule has 0 saturated carbocycles. The molecule has 0 spiro atoms. The number of aromatic amines is 1. The van der Waals surface area contributed by atoms with E-state index in [2.05, 4.69) is 22.3 Å². The van der Waals surface area contributed by atoms with Crippen molar-refractivity contribution in [2.45, 2.75) is 31.7 Å². The summed E-state index contributed by atoms with van der Waals surface area (Å²) in [4.78, 5) is 14.4. The predicted octanol–water partition coefficient (Wildman–Crippen LogP) is 1.95. The van der Waals surface area contributed by atoms with Crippen LogP contribution in [0.4, 0.5) is 0 Å². The van der Waals surface area contributed by atoms with Crippen molar-refractivity contribution in [1.29, 1.82) is 0 Å². The summed E-state index contributed by atoms with van der Waals surface area (Å²) in [6.45, 7) is 3.13. The summed E-state index contributed by atoms with van der Waals surface area (Å²) in [5.41, 5.74) is 1.42. The number of aromatic nitrogens is 3. The fraction of sp³-hybridized carbons (Fsp3) is 0.500. The number of rotatable bonds is 1. The number of hydrogen-bond acceptors (Lipinski definition) is 3. The van der Waals surface area contributed by atoms with E-state index >= 15 is 0 Å². The molecule has 0 radical (unpaired) electrons. The topological polar surface area (TPSA) is 62.2 Å². The molecular formula is C12H16Cl2N4O. The zero-order chi connectivity index (χ0) is 12.7. The molecule has 0 bridgehead atoms. The molecule has 0 amide bonds. The van der Waals surface area contributed by atoms with Crippen LogP contribution in [0.5, 0.6) is 0 Å². The highest BCUT2D eigenvalue weighted by Gasteiger charge is 2.23. The Balaban J connectivity index is 0.00000133. The molecular weight excluding hydrogens is 287 g/mol. The summed E-state index contributed by atoms with van der Waals surface area (Å²) in [7, 11) is 0. The minimum absolute atomic E-state index is 0. The van der Waals surface area contributed by atoms with E-state index in [9.17, 15) is 4.79 Å².